The molecule has 1 aromatic rings. The second-order valence-corrected chi connectivity index (χ2v) is 8.19. The Hall–Kier alpha value is -0.910. The molecule has 3 rings (SSSR count). The summed E-state index contributed by atoms with van der Waals surface area (Å²) in [5, 5.41) is 3.45. The van der Waals surface area contributed by atoms with E-state index in [2.05, 4.69) is 10.0 Å². The summed E-state index contributed by atoms with van der Waals surface area (Å²) in [7, 11) is -3.21. The van der Waals surface area contributed by atoms with E-state index < -0.39 is 10.0 Å². The second-order valence-electron chi connectivity index (χ2n) is 6.38. The summed E-state index contributed by atoms with van der Waals surface area (Å²) in [6.07, 6.45) is 6.08. The van der Waals surface area contributed by atoms with Crippen LogP contribution in [0.5, 0.6) is 0 Å². The molecule has 116 valence electrons. The van der Waals surface area contributed by atoms with Crippen LogP contribution in [-0.4, -0.2) is 21.0 Å². The van der Waals surface area contributed by atoms with Crippen LogP contribution in [0.25, 0.3) is 0 Å². The second kappa shape index (κ2) is 6.46. The molecule has 1 aromatic carbocycles. The minimum Gasteiger partial charge on any atom is -0.310 e. The molecule has 0 amide bonds. The Labute approximate surface area is 127 Å². The van der Waals surface area contributed by atoms with E-state index >= 15 is 0 Å². The van der Waals surface area contributed by atoms with Gasteiger partial charge in [-0.2, -0.15) is 0 Å². The molecule has 2 aliphatic rings. The molecule has 0 bridgehead atoms. The maximum Gasteiger partial charge on any atom is 0.215 e. The van der Waals surface area contributed by atoms with E-state index in [-0.39, 0.29) is 5.75 Å². The van der Waals surface area contributed by atoms with Gasteiger partial charge in [0.1, 0.15) is 0 Å². The van der Waals surface area contributed by atoms with Gasteiger partial charge in [0.15, 0.2) is 0 Å². The maximum atomic E-state index is 12.1. The third kappa shape index (κ3) is 4.80. The topological polar surface area (TPSA) is 58.2 Å². The Morgan fingerprint density at radius 1 is 1.10 bits per heavy atom. The molecule has 2 saturated carbocycles. The summed E-state index contributed by atoms with van der Waals surface area (Å²) in [6, 6.07) is 8.55. The fraction of sp³-hybridized carbons (Fsp3) is 0.625. The Morgan fingerprint density at radius 3 is 2.52 bits per heavy atom. The van der Waals surface area contributed by atoms with Crippen LogP contribution < -0.4 is 10.0 Å². The lowest BCUT2D eigenvalue weighted by Crippen LogP contribution is -2.33. The number of hydrogen-bond donors (Lipinski definition) is 2. The van der Waals surface area contributed by atoms with Crippen LogP contribution >= 0.6 is 0 Å². The smallest absolute Gasteiger partial charge is 0.215 e. The predicted octanol–water partition coefficient (Wildman–Crippen LogP) is 2.16. The van der Waals surface area contributed by atoms with Gasteiger partial charge in [0.25, 0.3) is 0 Å². The zero-order valence-electron chi connectivity index (χ0n) is 12.3. The van der Waals surface area contributed by atoms with Gasteiger partial charge in [-0.1, -0.05) is 30.7 Å². The van der Waals surface area contributed by atoms with Crippen molar-refractivity contribution in [3.8, 4) is 0 Å². The molecule has 0 saturated heterocycles. The van der Waals surface area contributed by atoms with Crippen LogP contribution in [0.15, 0.2) is 24.3 Å². The molecule has 21 heavy (non-hydrogen) atoms. The first-order chi connectivity index (χ1) is 10.1. The Kier molecular flexibility index (Phi) is 4.62. The molecule has 2 N–H and O–H groups in total. The van der Waals surface area contributed by atoms with Crippen molar-refractivity contribution in [2.24, 2.45) is 5.92 Å². The summed E-state index contributed by atoms with van der Waals surface area (Å²) in [4.78, 5) is 0. The van der Waals surface area contributed by atoms with Crippen molar-refractivity contribution in [2.45, 2.75) is 50.4 Å². The van der Waals surface area contributed by atoms with Crippen molar-refractivity contribution >= 4 is 10.0 Å². The van der Waals surface area contributed by atoms with Gasteiger partial charge in [0.2, 0.25) is 10.0 Å². The standard InChI is InChI=1S/C16H24N2O2S/c19-21(20,18-11-13-3-1-4-13)12-15-6-2-5-14(9-15)10-17-16-7-8-16/h2,5-6,9,13,16-18H,1,3-4,7-8,10-12H2. The molecule has 2 aliphatic carbocycles. The first kappa shape index (κ1) is 15.0. The monoisotopic (exact) mass is 308 g/mol. The highest BCUT2D eigenvalue weighted by molar-refractivity contribution is 7.88. The number of nitrogens with one attached hydrogen (secondary N) is 2. The summed E-state index contributed by atoms with van der Waals surface area (Å²) < 4.78 is 27.0. The van der Waals surface area contributed by atoms with E-state index in [1.165, 1.54) is 19.3 Å². The largest absolute Gasteiger partial charge is 0.310 e. The van der Waals surface area contributed by atoms with Crippen molar-refractivity contribution < 1.29 is 8.42 Å². The first-order valence-electron chi connectivity index (χ1n) is 7.89. The molecule has 0 aromatic heterocycles. The van der Waals surface area contributed by atoms with Crippen LogP contribution in [0.3, 0.4) is 0 Å². The van der Waals surface area contributed by atoms with Crippen molar-refractivity contribution in [3.05, 3.63) is 35.4 Å². The lowest BCUT2D eigenvalue weighted by Gasteiger charge is -2.25. The molecular weight excluding hydrogens is 284 g/mol. The molecule has 2 fully saturated rings. The van der Waals surface area contributed by atoms with Gasteiger partial charge in [-0.05, 0) is 42.7 Å². The van der Waals surface area contributed by atoms with Gasteiger partial charge in [-0.15, -0.1) is 0 Å². The van der Waals surface area contributed by atoms with Gasteiger partial charge >= 0.3 is 0 Å². The summed E-state index contributed by atoms with van der Waals surface area (Å²) in [5.41, 5.74) is 2.03. The molecule has 0 heterocycles. The zero-order valence-corrected chi connectivity index (χ0v) is 13.2. The minimum absolute atomic E-state index is 0.0803. The quantitative estimate of drug-likeness (QED) is 0.774. The first-order valence-corrected chi connectivity index (χ1v) is 9.54. The lowest BCUT2D eigenvalue weighted by atomic mass is 9.86. The fourth-order valence-electron chi connectivity index (χ4n) is 2.59. The highest BCUT2D eigenvalue weighted by Gasteiger charge is 2.21. The average molecular weight is 308 g/mol. The molecule has 0 radical (unpaired) electrons. The Morgan fingerprint density at radius 2 is 1.86 bits per heavy atom. The summed E-state index contributed by atoms with van der Waals surface area (Å²) in [5.74, 6) is 0.630. The van der Waals surface area contributed by atoms with Gasteiger partial charge in [0, 0.05) is 19.1 Å². The molecule has 0 atom stereocenters. The van der Waals surface area contributed by atoms with Crippen LogP contribution in [0, 0.1) is 5.92 Å². The molecular formula is C16H24N2O2S. The fourth-order valence-corrected chi connectivity index (χ4v) is 3.80. The molecule has 0 aliphatic heterocycles. The zero-order chi connectivity index (χ0) is 14.7. The predicted molar refractivity (Wildman–Crippen MR) is 84.3 cm³/mol. The van der Waals surface area contributed by atoms with E-state index in [4.69, 9.17) is 0 Å². The minimum atomic E-state index is -3.21. The van der Waals surface area contributed by atoms with Crippen molar-refractivity contribution in [3.63, 3.8) is 0 Å². The van der Waals surface area contributed by atoms with Crippen molar-refractivity contribution in [2.75, 3.05) is 6.54 Å². The van der Waals surface area contributed by atoms with Gasteiger partial charge in [-0.25, -0.2) is 13.1 Å². The number of rotatable bonds is 8. The highest BCUT2D eigenvalue weighted by atomic mass is 32.2. The summed E-state index contributed by atoms with van der Waals surface area (Å²) >= 11 is 0. The lowest BCUT2D eigenvalue weighted by molar-refractivity contribution is 0.316. The van der Waals surface area contributed by atoms with Crippen LogP contribution in [0.1, 0.15) is 43.2 Å². The van der Waals surface area contributed by atoms with E-state index in [1.807, 2.05) is 24.3 Å². The maximum absolute atomic E-state index is 12.1. The van der Waals surface area contributed by atoms with Gasteiger partial charge < -0.3 is 5.32 Å². The summed E-state index contributed by atoms with van der Waals surface area (Å²) in [6.45, 7) is 1.43. The Bertz CT molecular complexity index is 578. The third-order valence-corrected chi connectivity index (χ3v) is 5.66. The Balaban J connectivity index is 1.53. The van der Waals surface area contributed by atoms with E-state index in [0.717, 1.165) is 30.5 Å². The van der Waals surface area contributed by atoms with E-state index in [0.29, 0.717) is 18.5 Å². The van der Waals surface area contributed by atoms with E-state index in [1.54, 1.807) is 0 Å². The van der Waals surface area contributed by atoms with Gasteiger partial charge in [-0.3, -0.25) is 0 Å². The normalized spacial score (nSPS) is 19.4. The van der Waals surface area contributed by atoms with Crippen LogP contribution in [0.4, 0.5) is 0 Å². The van der Waals surface area contributed by atoms with Gasteiger partial charge in [0.05, 0.1) is 5.75 Å². The molecule has 0 spiro atoms. The highest BCUT2D eigenvalue weighted by Crippen LogP contribution is 2.25. The van der Waals surface area contributed by atoms with Crippen LogP contribution in [-0.2, 0) is 22.3 Å². The third-order valence-electron chi connectivity index (χ3n) is 4.34. The van der Waals surface area contributed by atoms with Crippen molar-refractivity contribution in [1.82, 2.24) is 10.0 Å². The van der Waals surface area contributed by atoms with Crippen molar-refractivity contribution in [1.29, 1.82) is 0 Å². The van der Waals surface area contributed by atoms with E-state index in [9.17, 15) is 8.42 Å². The number of sulfonamides is 1. The molecule has 5 heteroatoms. The molecule has 4 nitrogen and oxygen atoms in total. The average Bonchev–Trinajstić information content (AvgIpc) is 3.18. The SMILES string of the molecule is O=S(=O)(Cc1cccc(CNC2CC2)c1)NCC1CCC1. The molecule has 0 unspecified atom stereocenters. The number of hydrogen-bond acceptors (Lipinski definition) is 3. The van der Waals surface area contributed by atoms with Crippen LogP contribution in [0.2, 0.25) is 0 Å². The number of benzene rings is 1.